The maximum absolute atomic E-state index is 11.7. The molecule has 2 aromatic rings. The topological polar surface area (TPSA) is 110 Å². The van der Waals surface area contributed by atoms with Crippen LogP contribution in [0, 0.1) is 0 Å². The smallest absolute Gasteiger partial charge is 0.321 e. The van der Waals surface area contributed by atoms with Crippen LogP contribution in [-0.4, -0.2) is 46.8 Å². The lowest BCUT2D eigenvalue weighted by atomic mass is 10.3. The van der Waals surface area contributed by atoms with Gasteiger partial charge in [0.1, 0.15) is 16.2 Å². The molecule has 0 saturated heterocycles. The lowest BCUT2D eigenvalue weighted by Crippen LogP contribution is -2.41. The second kappa shape index (κ2) is 9.94. The minimum atomic E-state index is -0.672. The number of nitrogens with one attached hydrogen (secondary N) is 2. The van der Waals surface area contributed by atoms with Crippen LogP contribution in [0.5, 0.6) is 0 Å². The summed E-state index contributed by atoms with van der Waals surface area (Å²) in [4.78, 5) is 43.8. The average Bonchev–Trinajstić information content (AvgIpc) is 3.07. The molecule has 0 unspecified atom stereocenters. The average molecular weight is 382 g/mol. The van der Waals surface area contributed by atoms with Gasteiger partial charge in [0.2, 0.25) is 0 Å². The summed E-state index contributed by atoms with van der Waals surface area (Å²) in [5.74, 6) is -1.22. The maximum atomic E-state index is 11.7. The van der Waals surface area contributed by atoms with Crippen LogP contribution in [0.25, 0.3) is 10.2 Å². The van der Waals surface area contributed by atoms with E-state index in [9.17, 15) is 14.4 Å². The van der Waals surface area contributed by atoms with Gasteiger partial charge in [-0.05, 0) is 17.9 Å². The lowest BCUT2D eigenvalue weighted by Gasteiger charge is -2.07. The van der Waals surface area contributed by atoms with Gasteiger partial charge in [0.15, 0.2) is 6.61 Å². The highest BCUT2D eigenvalue weighted by Crippen LogP contribution is 2.27. The fraction of sp³-hybridized carbons (Fsp3) is 0.400. The van der Waals surface area contributed by atoms with Gasteiger partial charge in [-0.25, -0.2) is 14.8 Å². The SMILES string of the molecule is CCCCNC(=O)NC(=O)COC(=O)CSc1ncnc2sccc12. The van der Waals surface area contributed by atoms with Crippen LogP contribution < -0.4 is 10.6 Å². The number of amides is 3. The summed E-state index contributed by atoms with van der Waals surface area (Å²) in [6, 6.07) is 1.29. The monoisotopic (exact) mass is 382 g/mol. The lowest BCUT2D eigenvalue weighted by molar-refractivity contribution is -0.145. The third kappa shape index (κ3) is 6.31. The van der Waals surface area contributed by atoms with Crippen LogP contribution in [0.4, 0.5) is 4.79 Å². The largest absolute Gasteiger partial charge is 0.455 e. The van der Waals surface area contributed by atoms with Crippen molar-refractivity contribution in [1.82, 2.24) is 20.6 Å². The van der Waals surface area contributed by atoms with Gasteiger partial charge in [-0.3, -0.25) is 14.9 Å². The molecule has 0 spiro atoms. The van der Waals surface area contributed by atoms with Crippen LogP contribution in [0.1, 0.15) is 19.8 Å². The number of imide groups is 1. The number of esters is 1. The van der Waals surface area contributed by atoms with Crippen molar-refractivity contribution in [2.75, 3.05) is 18.9 Å². The molecule has 0 saturated carbocycles. The maximum Gasteiger partial charge on any atom is 0.321 e. The second-order valence-corrected chi connectivity index (χ2v) is 6.78. The molecule has 25 heavy (non-hydrogen) atoms. The minimum absolute atomic E-state index is 0.0118. The van der Waals surface area contributed by atoms with E-state index >= 15 is 0 Å². The zero-order valence-corrected chi connectivity index (χ0v) is 15.2. The first kappa shape index (κ1) is 19.1. The molecular formula is C15H18N4O4S2. The van der Waals surface area contributed by atoms with Crippen LogP contribution in [0.15, 0.2) is 22.8 Å². The number of carbonyl (C=O) groups excluding carboxylic acids is 3. The van der Waals surface area contributed by atoms with Gasteiger partial charge in [-0.15, -0.1) is 11.3 Å². The Kier molecular flexibility index (Phi) is 7.61. The number of rotatable bonds is 8. The quantitative estimate of drug-likeness (QED) is 0.311. The molecule has 0 atom stereocenters. The van der Waals surface area contributed by atoms with Crippen molar-refractivity contribution in [2.45, 2.75) is 24.8 Å². The molecule has 3 amide bonds. The number of hydrogen-bond acceptors (Lipinski definition) is 8. The summed E-state index contributed by atoms with van der Waals surface area (Å²) < 4.78 is 4.85. The Morgan fingerprint density at radius 2 is 2.16 bits per heavy atom. The van der Waals surface area contributed by atoms with Crippen LogP contribution in [0.2, 0.25) is 0 Å². The molecule has 0 aromatic carbocycles. The molecule has 2 N–H and O–H groups in total. The molecule has 0 bridgehead atoms. The van der Waals surface area contributed by atoms with E-state index in [2.05, 4.69) is 20.6 Å². The Balaban J connectivity index is 1.69. The zero-order chi connectivity index (χ0) is 18.1. The minimum Gasteiger partial charge on any atom is -0.455 e. The number of nitrogens with zero attached hydrogens (tertiary/aromatic N) is 2. The Labute approximate surface area is 152 Å². The fourth-order valence-corrected chi connectivity index (χ4v) is 3.36. The first-order valence-corrected chi connectivity index (χ1v) is 9.51. The van der Waals surface area contributed by atoms with Crippen LogP contribution in [-0.2, 0) is 14.3 Å². The Morgan fingerprint density at radius 1 is 1.32 bits per heavy atom. The number of unbranched alkanes of at least 4 members (excludes halogenated alkanes) is 1. The molecule has 0 aliphatic heterocycles. The predicted octanol–water partition coefficient (Wildman–Crippen LogP) is 1.95. The highest BCUT2D eigenvalue weighted by Gasteiger charge is 2.12. The molecule has 0 aliphatic carbocycles. The van der Waals surface area contributed by atoms with E-state index in [1.54, 1.807) is 0 Å². The third-order valence-corrected chi connectivity index (χ3v) is 4.78. The zero-order valence-electron chi connectivity index (χ0n) is 13.6. The molecule has 2 aromatic heterocycles. The Hall–Kier alpha value is -2.20. The fourth-order valence-electron chi connectivity index (χ4n) is 1.78. The number of ether oxygens (including phenoxy) is 1. The molecule has 2 rings (SSSR count). The van der Waals surface area contributed by atoms with Crippen molar-refractivity contribution >= 4 is 51.2 Å². The van der Waals surface area contributed by atoms with Crippen molar-refractivity contribution in [3.63, 3.8) is 0 Å². The van der Waals surface area contributed by atoms with E-state index in [1.807, 2.05) is 18.4 Å². The molecule has 2 heterocycles. The summed E-state index contributed by atoms with van der Waals surface area (Å²) in [5, 5.41) is 8.10. The predicted molar refractivity (Wildman–Crippen MR) is 95.5 cm³/mol. The van der Waals surface area contributed by atoms with Crippen molar-refractivity contribution in [3.8, 4) is 0 Å². The summed E-state index contributed by atoms with van der Waals surface area (Å²) in [5.41, 5.74) is 0. The van der Waals surface area contributed by atoms with Gasteiger partial charge >= 0.3 is 12.0 Å². The third-order valence-electron chi connectivity index (χ3n) is 2.99. The highest BCUT2D eigenvalue weighted by atomic mass is 32.2. The number of thiophene rings is 1. The number of hydrogen-bond donors (Lipinski definition) is 2. The molecule has 0 fully saturated rings. The number of carbonyl (C=O) groups is 3. The van der Waals surface area contributed by atoms with Gasteiger partial charge in [0.25, 0.3) is 5.91 Å². The first-order valence-electron chi connectivity index (χ1n) is 7.64. The van der Waals surface area contributed by atoms with Gasteiger partial charge in [-0.1, -0.05) is 25.1 Å². The Morgan fingerprint density at radius 3 is 2.96 bits per heavy atom. The molecule has 8 nitrogen and oxygen atoms in total. The van der Waals surface area contributed by atoms with E-state index in [4.69, 9.17) is 4.74 Å². The van der Waals surface area contributed by atoms with Crippen molar-refractivity contribution in [2.24, 2.45) is 0 Å². The number of thioether (sulfide) groups is 1. The summed E-state index contributed by atoms with van der Waals surface area (Å²) in [6.45, 7) is 1.98. The summed E-state index contributed by atoms with van der Waals surface area (Å²) in [6.07, 6.45) is 3.21. The van der Waals surface area contributed by atoms with Crippen LogP contribution >= 0.6 is 23.1 Å². The van der Waals surface area contributed by atoms with Crippen molar-refractivity contribution in [1.29, 1.82) is 0 Å². The standard InChI is InChI=1S/C15H18N4O4S2/c1-2-3-5-16-15(22)19-11(20)7-23-12(21)8-25-14-10-4-6-24-13(10)17-9-18-14/h4,6,9H,2-3,5,7-8H2,1H3,(H2,16,19,20,22). The van der Waals surface area contributed by atoms with Crippen molar-refractivity contribution in [3.05, 3.63) is 17.8 Å². The van der Waals surface area contributed by atoms with E-state index in [1.165, 1.54) is 29.4 Å². The number of urea groups is 1. The van der Waals surface area contributed by atoms with E-state index in [0.717, 1.165) is 23.1 Å². The molecule has 0 aliphatic rings. The van der Waals surface area contributed by atoms with Gasteiger partial charge in [0.05, 0.1) is 5.75 Å². The molecule has 0 radical (unpaired) electrons. The summed E-state index contributed by atoms with van der Waals surface area (Å²) in [7, 11) is 0. The Bertz CT molecular complexity index is 750. The molecule has 10 heteroatoms. The van der Waals surface area contributed by atoms with Gasteiger partial charge in [0, 0.05) is 11.9 Å². The number of fused-ring (bicyclic) bond motifs is 1. The second-order valence-electron chi connectivity index (χ2n) is 4.93. The number of aromatic nitrogens is 2. The first-order chi connectivity index (χ1) is 12.1. The summed E-state index contributed by atoms with van der Waals surface area (Å²) >= 11 is 2.70. The van der Waals surface area contributed by atoms with Crippen molar-refractivity contribution < 1.29 is 19.1 Å². The van der Waals surface area contributed by atoms with E-state index in [0.29, 0.717) is 11.6 Å². The molecular weight excluding hydrogens is 364 g/mol. The van der Waals surface area contributed by atoms with E-state index < -0.39 is 24.5 Å². The van der Waals surface area contributed by atoms with Gasteiger partial charge in [-0.2, -0.15) is 0 Å². The highest BCUT2D eigenvalue weighted by molar-refractivity contribution is 8.00. The van der Waals surface area contributed by atoms with Crippen LogP contribution in [0.3, 0.4) is 0 Å². The van der Waals surface area contributed by atoms with Gasteiger partial charge < -0.3 is 10.1 Å². The van der Waals surface area contributed by atoms with E-state index in [-0.39, 0.29) is 5.75 Å². The normalized spacial score (nSPS) is 10.4. The molecule has 134 valence electrons.